The summed E-state index contributed by atoms with van der Waals surface area (Å²) >= 11 is 0. The second-order valence-corrected chi connectivity index (χ2v) is 4.36. The van der Waals surface area contributed by atoms with Gasteiger partial charge in [-0.2, -0.15) is 0 Å². The lowest BCUT2D eigenvalue weighted by atomic mass is 10.2. The number of rotatable bonds is 7. The van der Waals surface area contributed by atoms with Gasteiger partial charge in [-0.05, 0) is 25.0 Å². The molecule has 0 rings (SSSR count). The van der Waals surface area contributed by atoms with Crippen LogP contribution in [0.25, 0.3) is 0 Å². The van der Waals surface area contributed by atoms with Crippen LogP contribution >= 0.6 is 0 Å². The fourth-order valence-corrected chi connectivity index (χ4v) is 1.42. The number of aliphatic hydroxyl groups is 1. The average molecular weight is 246 g/mol. The first kappa shape index (κ1) is 16.8. The van der Waals surface area contributed by atoms with E-state index in [1.807, 2.05) is 0 Å². The molecule has 0 saturated carbocycles. The number of allylic oxidation sites excluding steroid dienone is 1. The average Bonchev–Trinajstić information content (AvgIpc) is 2.37. The summed E-state index contributed by atoms with van der Waals surface area (Å²) in [6, 6.07) is 0. The van der Waals surface area contributed by atoms with E-state index in [0.29, 0.717) is 0 Å². The van der Waals surface area contributed by atoms with Gasteiger partial charge in [-0.1, -0.05) is 57.3 Å². The predicted octanol–water partition coefficient (Wildman–Crippen LogP) is 4.07. The number of hydrogen-bond donors (Lipinski definition) is 1. The molecule has 0 spiro atoms. The van der Waals surface area contributed by atoms with Gasteiger partial charge < -0.3 is 5.11 Å². The molecule has 0 aromatic carbocycles. The summed E-state index contributed by atoms with van der Waals surface area (Å²) in [5.74, 6) is 11.8. The molecule has 100 valence electrons. The molecule has 0 radical (unpaired) electrons. The molecular formula is C17H26O. The quantitative estimate of drug-likeness (QED) is 0.530. The van der Waals surface area contributed by atoms with Crippen LogP contribution in [0.15, 0.2) is 12.2 Å². The third-order valence-corrected chi connectivity index (χ3v) is 2.52. The number of aliphatic hydroxyl groups excluding tert-OH is 1. The summed E-state index contributed by atoms with van der Waals surface area (Å²) in [6.07, 6.45) is 11.7. The first-order valence-electron chi connectivity index (χ1n) is 7.12. The van der Waals surface area contributed by atoms with Crippen molar-refractivity contribution in [1.82, 2.24) is 0 Å². The Morgan fingerprint density at radius 3 is 2.17 bits per heavy atom. The van der Waals surface area contributed by atoms with Crippen molar-refractivity contribution in [3.05, 3.63) is 12.2 Å². The largest absolute Gasteiger partial charge is 0.377 e. The molecule has 1 unspecified atom stereocenters. The molecule has 0 aliphatic rings. The fraction of sp³-hybridized carbons (Fsp3) is 0.647. The van der Waals surface area contributed by atoms with Gasteiger partial charge in [-0.3, -0.25) is 0 Å². The maximum Gasteiger partial charge on any atom is 0.134 e. The van der Waals surface area contributed by atoms with Crippen molar-refractivity contribution in [2.75, 3.05) is 0 Å². The normalized spacial score (nSPS) is 11.5. The van der Waals surface area contributed by atoms with Gasteiger partial charge in [0.15, 0.2) is 0 Å². The molecular weight excluding hydrogens is 220 g/mol. The zero-order valence-electron chi connectivity index (χ0n) is 11.8. The van der Waals surface area contributed by atoms with Gasteiger partial charge in [0.2, 0.25) is 0 Å². The summed E-state index contributed by atoms with van der Waals surface area (Å²) in [4.78, 5) is 0. The van der Waals surface area contributed by atoms with Crippen molar-refractivity contribution in [3.63, 3.8) is 0 Å². The van der Waals surface area contributed by atoms with E-state index in [1.54, 1.807) is 12.2 Å². The Kier molecular flexibility index (Phi) is 13.0. The molecule has 1 nitrogen and oxygen atoms in total. The van der Waals surface area contributed by atoms with Crippen molar-refractivity contribution in [2.45, 2.75) is 71.3 Å². The second kappa shape index (κ2) is 13.9. The van der Waals surface area contributed by atoms with Gasteiger partial charge >= 0.3 is 0 Å². The lowest BCUT2D eigenvalue weighted by molar-refractivity contribution is 0.280. The third kappa shape index (κ3) is 12.9. The SMILES string of the molecule is CCCCCC#C/C=C\C(O)C#CCCCCC. The number of unbranched alkanes of at least 4 members (excludes halogenated alkanes) is 6. The van der Waals surface area contributed by atoms with E-state index in [-0.39, 0.29) is 0 Å². The van der Waals surface area contributed by atoms with E-state index in [2.05, 4.69) is 37.5 Å². The van der Waals surface area contributed by atoms with Crippen LogP contribution in [0.4, 0.5) is 0 Å². The highest BCUT2D eigenvalue weighted by molar-refractivity contribution is 5.21. The van der Waals surface area contributed by atoms with Crippen LogP contribution in [0.3, 0.4) is 0 Å². The van der Waals surface area contributed by atoms with Crippen molar-refractivity contribution in [1.29, 1.82) is 0 Å². The summed E-state index contributed by atoms with van der Waals surface area (Å²) in [5, 5.41) is 9.52. The summed E-state index contributed by atoms with van der Waals surface area (Å²) in [5.41, 5.74) is 0. The molecule has 1 atom stereocenters. The van der Waals surface area contributed by atoms with Gasteiger partial charge in [-0.15, -0.1) is 5.92 Å². The van der Waals surface area contributed by atoms with Crippen LogP contribution in [-0.2, 0) is 0 Å². The lowest BCUT2D eigenvalue weighted by Crippen LogP contribution is -1.96. The first-order valence-corrected chi connectivity index (χ1v) is 7.12. The first-order chi connectivity index (χ1) is 8.81. The highest BCUT2D eigenvalue weighted by Gasteiger charge is 1.88. The van der Waals surface area contributed by atoms with E-state index in [0.717, 1.165) is 25.7 Å². The highest BCUT2D eigenvalue weighted by Crippen LogP contribution is 1.97. The summed E-state index contributed by atoms with van der Waals surface area (Å²) in [7, 11) is 0. The molecule has 0 heterocycles. The monoisotopic (exact) mass is 246 g/mol. The molecule has 0 aliphatic heterocycles. The van der Waals surface area contributed by atoms with Gasteiger partial charge in [0, 0.05) is 12.8 Å². The zero-order valence-corrected chi connectivity index (χ0v) is 11.8. The van der Waals surface area contributed by atoms with Gasteiger partial charge in [0.25, 0.3) is 0 Å². The summed E-state index contributed by atoms with van der Waals surface area (Å²) < 4.78 is 0. The molecule has 0 amide bonds. The molecule has 0 aromatic heterocycles. The van der Waals surface area contributed by atoms with E-state index in [4.69, 9.17) is 0 Å². The van der Waals surface area contributed by atoms with Crippen molar-refractivity contribution in [2.24, 2.45) is 0 Å². The molecule has 1 N–H and O–H groups in total. The fourth-order valence-electron chi connectivity index (χ4n) is 1.42. The Morgan fingerprint density at radius 1 is 0.944 bits per heavy atom. The van der Waals surface area contributed by atoms with E-state index in [9.17, 15) is 5.11 Å². The molecule has 1 heteroatoms. The van der Waals surface area contributed by atoms with E-state index < -0.39 is 6.10 Å². The summed E-state index contributed by atoms with van der Waals surface area (Å²) in [6.45, 7) is 4.35. The highest BCUT2D eigenvalue weighted by atomic mass is 16.3. The third-order valence-electron chi connectivity index (χ3n) is 2.52. The maximum atomic E-state index is 9.52. The van der Waals surface area contributed by atoms with Crippen molar-refractivity contribution < 1.29 is 5.11 Å². The molecule has 0 aromatic rings. The van der Waals surface area contributed by atoms with Crippen LogP contribution in [0, 0.1) is 23.7 Å². The lowest BCUT2D eigenvalue weighted by Gasteiger charge is -1.92. The Bertz CT molecular complexity index is 319. The Morgan fingerprint density at radius 2 is 1.56 bits per heavy atom. The van der Waals surface area contributed by atoms with Crippen LogP contribution in [0.1, 0.15) is 65.2 Å². The minimum absolute atomic E-state index is 0.670. The Labute approximate surface area is 113 Å². The van der Waals surface area contributed by atoms with Crippen LogP contribution < -0.4 is 0 Å². The van der Waals surface area contributed by atoms with Crippen LogP contribution in [0.2, 0.25) is 0 Å². The van der Waals surface area contributed by atoms with Crippen molar-refractivity contribution >= 4 is 0 Å². The standard InChI is InChI=1S/C17H26O/c1-3-5-7-9-10-12-14-16-17(18)15-13-11-8-6-4-2/h14,16-18H,3-9,11H2,1-2H3/b16-14-. The van der Waals surface area contributed by atoms with Crippen molar-refractivity contribution in [3.8, 4) is 23.7 Å². The second-order valence-electron chi connectivity index (χ2n) is 4.36. The van der Waals surface area contributed by atoms with E-state index >= 15 is 0 Å². The van der Waals surface area contributed by atoms with E-state index in [1.165, 1.54) is 25.7 Å². The predicted molar refractivity (Wildman–Crippen MR) is 79.0 cm³/mol. The van der Waals surface area contributed by atoms with Crippen LogP contribution in [-0.4, -0.2) is 11.2 Å². The molecule has 0 fully saturated rings. The molecule has 0 saturated heterocycles. The zero-order chi connectivity index (χ0) is 13.5. The smallest absolute Gasteiger partial charge is 0.134 e. The minimum atomic E-state index is -0.670. The Hall–Kier alpha value is -1.18. The molecule has 0 bridgehead atoms. The van der Waals surface area contributed by atoms with Gasteiger partial charge in [0.05, 0.1) is 0 Å². The molecule has 18 heavy (non-hydrogen) atoms. The topological polar surface area (TPSA) is 20.2 Å². The molecule has 0 aliphatic carbocycles. The van der Waals surface area contributed by atoms with Gasteiger partial charge in [-0.25, -0.2) is 0 Å². The van der Waals surface area contributed by atoms with Crippen LogP contribution in [0.5, 0.6) is 0 Å². The van der Waals surface area contributed by atoms with Gasteiger partial charge in [0.1, 0.15) is 6.10 Å². The minimum Gasteiger partial charge on any atom is -0.377 e. The maximum absolute atomic E-state index is 9.52. The number of hydrogen-bond acceptors (Lipinski definition) is 1. The Balaban J connectivity index is 3.68.